The third-order valence-corrected chi connectivity index (χ3v) is 3.38. The van der Waals surface area contributed by atoms with E-state index in [1.165, 1.54) is 16.0 Å². The van der Waals surface area contributed by atoms with Crippen molar-refractivity contribution >= 4 is 23.1 Å². The monoisotopic (exact) mass is 277 g/mol. The molecule has 0 radical (unpaired) electrons. The van der Waals surface area contributed by atoms with Crippen LogP contribution in [0.4, 0.5) is 10.5 Å². The second-order valence-electron chi connectivity index (χ2n) is 3.69. The Balaban J connectivity index is 2.47. The fourth-order valence-corrected chi connectivity index (χ4v) is 2.28. The van der Waals surface area contributed by atoms with E-state index in [1.54, 1.807) is 6.92 Å². The molecule has 0 saturated heterocycles. The summed E-state index contributed by atoms with van der Waals surface area (Å²) in [6.45, 7) is 4.07. The van der Waals surface area contributed by atoms with E-state index in [2.05, 4.69) is 10.1 Å². The number of hydrogen-bond donors (Lipinski definition) is 0. The van der Waals surface area contributed by atoms with Gasteiger partial charge in [0.05, 0.1) is 12.3 Å². The molecule has 2 rings (SSSR count). The molecule has 2 aromatic rings. The first-order valence-corrected chi connectivity index (χ1v) is 6.92. The lowest BCUT2D eigenvalue weighted by Gasteiger charge is -1.99. The zero-order valence-corrected chi connectivity index (χ0v) is 11.7. The fourth-order valence-electron chi connectivity index (χ4n) is 1.45. The Morgan fingerprint density at radius 1 is 1.37 bits per heavy atom. The van der Waals surface area contributed by atoms with Crippen molar-refractivity contribution in [2.75, 3.05) is 6.61 Å². The van der Waals surface area contributed by atoms with Crippen molar-refractivity contribution < 1.29 is 9.53 Å². The van der Waals surface area contributed by atoms with Crippen molar-refractivity contribution in [1.82, 2.24) is 9.78 Å². The van der Waals surface area contributed by atoms with Crippen molar-refractivity contribution in [1.29, 1.82) is 0 Å². The largest absolute Gasteiger partial charge is 0.448 e. The van der Waals surface area contributed by atoms with Gasteiger partial charge in [0.2, 0.25) is 4.80 Å². The van der Waals surface area contributed by atoms with Crippen molar-refractivity contribution in [3.8, 4) is 0 Å². The molecule has 0 unspecified atom stereocenters. The van der Waals surface area contributed by atoms with Gasteiger partial charge in [-0.25, -0.2) is 9.79 Å². The number of aryl methyl sites for hydroxylation is 1. The van der Waals surface area contributed by atoms with Gasteiger partial charge in [-0.3, -0.25) is 0 Å². The molecule has 0 N–H and O–H groups in total. The SMILES string of the molecule is CCOC(=O)n1nc(CC)sc1=Nc1ccccc1. The van der Waals surface area contributed by atoms with Crippen LogP contribution >= 0.6 is 11.3 Å². The van der Waals surface area contributed by atoms with Crippen LogP contribution in [0.2, 0.25) is 0 Å². The Morgan fingerprint density at radius 3 is 2.74 bits per heavy atom. The van der Waals surface area contributed by atoms with Gasteiger partial charge in [-0.1, -0.05) is 36.5 Å². The topological polar surface area (TPSA) is 56.5 Å². The molecule has 19 heavy (non-hydrogen) atoms. The van der Waals surface area contributed by atoms with Gasteiger partial charge in [0.25, 0.3) is 0 Å². The molecule has 0 saturated carbocycles. The molecular weight excluding hydrogens is 262 g/mol. The summed E-state index contributed by atoms with van der Waals surface area (Å²) in [5.41, 5.74) is 0.784. The second kappa shape index (κ2) is 6.29. The predicted molar refractivity (Wildman–Crippen MR) is 73.6 cm³/mol. The van der Waals surface area contributed by atoms with Gasteiger partial charge >= 0.3 is 6.09 Å². The number of carbonyl (C=O) groups is 1. The highest BCUT2D eigenvalue weighted by Gasteiger charge is 2.12. The summed E-state index contributed by atoms with van der Waals surface area (Å²) in [6, 6.07) is 9.47. The average molecular weight is 277 g/mol. The molecule has 0 bridgehead atoms. The number of benzene rings is 1. The van der Waals surface area contributed by atoms with Crippen LogP contribution < -0.4 is 4.80 Å². The van der Waals surface area contributed by atoms with Crippen LogP contribution in [-0.2, 0) is 11.2 Å². The Bertz CT molecular complexity index is 616. The van der Waals surface area contributed by atoms with E-state index in [9.17, 15) is 4.79 Å². The second-order valence-corrected chi connectivity index (χ2v) is 4.73. The Labute approximate surface area is 115 Å². The number of rotatable bonds is 3. The summed E-state index contributed by atoms with van der Waals surface area (Å²) < 4.78 is 6.19. The van der Waals surface area contributed by atoms with Gasteiger partial charge in [-0.2, -0.15) is 5.10 Å². The molecule has 0 spiro atoms. The van der Waals surface area contributed by atoms with Gasteiger partial charge in [0.1, 0.15) is 5.01 Å². The number of para-hydroxylation sites is 1. The molecule has 0 aliphatic heterocycles. The van der Waals surface area contributed by atoms with Gasteiger partial charge < -0.3 is 4.74 Å². The van der Waals surface area contributed by atoms with Crippen molar-refractivity contribution in [2.45, 2.75) is 20.3 Å². The molecule has 1 aromatic heterocycles. The fraction of sp³-hybridized carbons (Fsp3) is 0.308. The van der Waals surface area contributed by atoms with E-state index in [-0.39, 0.29) is 0 Å². The van der Waals surface area contributed by atoms with Gasteiger partial charge in [0, 0.05) is 0 Å². The summed E-state index contributed by atoms with van der Waals surface area (Å²) in [7, 11) is 0. The van der Waals surface area contributed by atoms with Crippen LogP contribution in [0.3, 0.4) is 0 Å². The first kappa shape index (κ1) is 13.5. The number of hydrogen-bond acceptors (Lipinski definition) is 5. The third-order valence-electron chi connectivity index (χ3n) is 2.33. The number of aromatic nitrogens is 2. The number of carbonyl (C=O) groups excluding carboxylic acids is 1. The van der Waals surface area contributed by atoms with Crippen LogP contribution in [0.5, 0.6) is 0 Å². The van der Waals surface area contributed by atoms with Crippen LogP contribution in [0, 0.1) is 0 Å². The van der Waals surface area contributed by atoms with E-state index in [0.29, 0.717) is 11.4 Å². The minimum atomic E-state index is -0.492. The normalized spacial score (nSPS) is 11.6. The first-order chi connectivity index (χ1) is 9.24. The lowest BCUT2D eigenvalue weighted by Crippen LogP contribution is -2.25. The quantitative estimate of drug-likeness (QED) is 0.866. The summed E-state index contributed by atoms with van der Waals surface area (Å²) in [4.78, 5) is 16.8. The molecule has 6 heteroatoms. The Kier molecular flexibility index (Phi) is 4.46. The van der Waals surface area contributed by atoms with Gasteiger partial charge in [-0.05, 0) is 25.5 Å². The Morgan fingerprint density at radius 2 is 2.11 bits per heavy atom. The lowest BCUT2D eigenvalue weighted by molar-refractivity contribution is 0.149. The maximum absolute atomic E-state index is 11.8. The molecule has 0 aliphatic carbocycles. The highest BCUT2D eigenvalue weighted by atomic mass is 32.1. The Hall–Kier alpha value is -1.95. The van der Waals surface area contributed by atoms with Crippen LogP contribution in [0.1, 0.15) is 18.9 Å². The summed E-state index contributed by atoms with van der Waals surface area (Å²) in [5, 5.41) is 5.06. The zero-order valence-electron chi connectivity index (χ0n) is 10.9. The maximum Gasteiger partial charge on any atom is 0.437 e. The minimum Gasteiger partial charge on any atom is -0.448 e. The molecule has 0 amide bonds. The van der Waals surface area contributed by atoms with E-state index in [0.717, 1.165) is 17.1 Å². The molecule has 1 aromatic carbocycles. The smallest absolute Gasteiger partial charge is 0.437 e. The first-order valence-electron chi connectivity index (χ1n) is 6.10. The van der Waals surface area contributed by atoms with E-state index < -0.39 is 6.09 Å². The maximum atomic E-state index is 11.8. The molecule has 0 aliphatic rings. The highest BCUT2D eigenvalue weighted by Crippen LogP contribution is 2.09. The molecule has 0 atom stereocenters. The average Bonchev–Trinajstić information content (AvgIpc) is 2.83. The van der Waals surface area contributed by atoms with Crippen molar-refractivity contribution in [3.63, 3.8) is 0 Å². The standard InChI is InChI=1S/C13H15N3O2S/c1-3-11-15-16(13(17)18-4-2)12(19-11)14-10-8-6-5-7-9-10/h5-9H,3-4H2,1-2H3. The molecule has 1 heterocycles. The van der Waals surface area contributed by atoms with Crippen molar-refractivity contribution in [2.24, 2.45) is 4.99 Å². The molecule has 100 valence electrons. The van der Waals surface area contributed by atoms with E-state index in [4.69, 9.17) is 4.74 Å². The molecule has 5 nitrogen and oxygen atoms in total. The van der Waals surface area contributed by atoms with Crippen LogP contribution in [-0.4, -0.2) is 22.5 Å². The number of ether oxygens (including phenoxy) is 1. The molecular formula is C13H15N3O2S. The predicted octanol–water partition coefficient (Wildman–Crippen LogP) is 2.74. The summed E-state index contributed by atoms with van der Waals surface area (Å²) in [5.74, 6) is 0. The third kappa shape index (κ3) is 3.29. The summed E-state index contributed by atoms with van der Waals surface area (Å²) >= 11 is 1.39. The zero-order chi connectivity index (χ0) is 13.7. The minimum absolute atomic E-state index is 0.315. The van der Waals surface area contributed by atoms with Crippen LogP contribution in [0.25, 0.3) is 0 Å². The highest BCUT2D eigenvalue weighted by molar-refractivity contribution is 7.08. The summed E-state index contributed by atoms with van der Waals surface area (Å²) in [6.07, 6.45) is 0.266. The van der Waals surface area contributed by atoms with E-state index >= 15 is 0 Å². The van der Waals surface area contributed by atoms with E-state index in [1.807, 2.05) is 37.3 Å². The molecule has 0 fully saturated rings. The van der Waals surface area contributed by atoms with Gasteiger partial charge in [-0.15, -0.1) is 4.68 Å². The van der Waals surface area contributed by atoms with Crippen LogP contribution in [0.15, 0.2) is 35.3 Å². The lowest BCUT2D eigenvalue weighted by atomic mass is 10.3. The van der Waals surface area contributed by atoms with Crippen molar-refractivity contribution in [3.05, 3.63) is 40.1 Å². The number of nitrogens with zero attached hydrogens (tertiary/aromatic N) is 3. The van der Waals surface area contributed by atoms with Gasteiger partial charge in [0.15, 0.2) is 0 Å².